The first kappa shape index (κ1) is 39.9. The van der Waals surface area contributed by atoms with E-state index in [0.717, 1.165) is 63.4 Å². The zero-order valence-electron chi connectivity index (χ0n) is 32.0. The van der Waals surface area contributed by atoms with Crippen molar-refractivity contribution in [1.29, 1.82) is 0 Å². The Morgan fingerprint density at radius 1 is 0.660 bits per heavy atom. The van der Waals surface area contributed by atoms with E-state index >= 15 is 0 Å². The van der Waals surface area contributed by atoms with Crippen LogP contribution in [0.5, 0.6) is 0 Å². The second-order valence-corrected chi connectivity index (χ2v) is 17.4. The van der Waals surface area contributed by atoms with Crippen molar-refractivity contribution in [2.45, 2.75) is 168 Å². The van der Waals surface area contributed by atoms with Crippen LogP contribution in [-0.2, 0) is 4.74 Å². The van der Waals surface area contributed by atoms with Gasteiger partial charge in [0.25, 0.3) is 0 Å². The quantitative estimate of drug-likeness (QED) is 0.208. The van der Waals surface area contributed by atoms with Crippen LogP contribution in [0.4, 0.5) is 11.9 Å². The summed E-state index contributed by atoms with van der Waals surface area (Å²) in [5, 5.41) is 0. The average Bonchev–Trinajstić information content (AvgIpc) is 2.97. The summed E-state index contributed by atoms with van der Waals surface area (Å²) >= 11 is 0. The first-order valence-corrected chi connectivity index (χ1v) is 18.4. The maximum Gasteiger partial charge on any atom is 0.230 e. The second kappa shape index (κ2) is 16.0. The first-order chi connectivity index (χ1) is 21.4. The van der Waals surface area contributed by atoms with Crippen molar-refractivity contribution < 1.29 is 4.74 Å². The lowest BCUT2D eigenvalue weighted by atomic mass is 9.77. The van der Waals surface area contributed by atoms with Gasteiger partial charge in [0.1, 0.15) is 5.82 Å². The lowest BCUT2D eigenvalue weighted by Crippen LogP contribution is -2.63. The molecule has 0 unspecified atom stereocenters. The van der Waals surface area contributed by atoms with Gasteiger partial charge in [-0.3, -0.25) is 9.80 Å². The Hall–Kier alpha value is -1.55. The highest BCUT2D eigenvalue weighted by atomic mass is 16.5. The summed E-state index contributed by atoms with van der Waals surface area (Å²) in [6, 6.07) is 1.06. The number of morpholine rings is 1. The minimum Gasteiger partial charge on any atom is -0.378 e. The zero-order chi connectivity index (χ0) is 33.9. The molecule has 272 valence electrons. The minimum absolute atomic E-state index is 0. The molecule has 47 heavy (non-hydrogen) atoms. The van der Waals surface area contributed by atoms with Crippen LogP contribution >= 0.6 is 0 Å². The molecule has 0 N–H and O–H groups in total. The third-order valence-electron chi connectivity index (χ3n) is 12.1. The fourth-order valence-electron chi connectivity index (χ4n) is 8.64. The van der Waals surface area contributed by atoms with E-state index in [2.05, 4.69) is 101 Å². The van der Waals surface area contributed by atoms with E-state index in [1.54, 1.807) is 0 Å². The van der Waals surface area contributed by atoms with Gasteiger partial charge < -0.3 is 19.4 Å². The highest BCUT2D eigenvalue weighted by Crippen LogP contribution is 2.40. The molecule has 0 amide bonds. The molecule has 4 heterocycles. The van der Waals surface area contributed by atoms with Crippen molar-refractivity contribution in [1.82, 2.24) is 29.7 Å². The largest absolute Gasteiger partial charge is 0.378 e. The molecule has 3 aliphatic rings. The van der Waals surface area contributed by atoms with Crippen LogP contribution in [0, 0.1) is 6.92 Å². The maximum absolute atomic E-state index is 5.61. The van der Waals surface area contributed by atoms with E-state index in [0.29, 0.717) is 12.1 Å². The Morgan fingerprint density at radius 3 is 1.62 bits per heavy atom. The molecule has 0 saturated carbocycles. The van der Waals surface area contributed by atoms with E-state index in [4.69, 9.17) is 19.7 Å². The fraction of sp³-hybridized carbons (Fsp3) is 0.921. The zero-order valence-corrected chi connectivity index (χ0v) is 32.0. The van der Waals surface area contributed by atoms with Crippen LogP contribution in [0.3, 0.4) is 0 Å². The van der Waals surface area contributed by atoms with E-state index in [1.807, 2.05) is 6.92 Å². The molecule has 3 aliphatic heterocycles. The highest BCUT2D eigenvalue weighted by Gasteiger charge is 2.46. The van der Waals surface area contributed by atoms with Gasteiger partial charge in [0.2, 0.25) is 11.9 Å². The third kappa shape index (κ3) is 10.0. The van der Waals surface area contributed by atoms with E-state index < -0.39 is 0 Å². The van der Waals surface area contributed by atoms with Crippen molar-refractivity contribution in [3.05, 3.63) is 5.82 Å². The van der Waals surface area contributed by atoms with Gasteiger partial charge in [-0.1, -0.05) is 33.1 Å². The van der Waals surface area contributed by atoms with Gasteiger partial charge in [0.05, 0.1) is 13.2 Å². The van der Waals surface area contributed by atoms with Gasteiger partial charge in [0, 0.05) is 53.9 Å². The summed E-state index contributed by atoms with van der Waals surface area (Å²) in [5.41, 5.74) is 0.702. The molecule has 0 bridgehead atoms. The molecule has 9 nitrogen and oxygen atoms in total. The Labute approximate surface area is 290 Å². The van der Waals surface area contributed by atoms with Crippen molar-refractivity contribution in [2.75, 3.05) is 70.3 Å². The van der Waals surface area contributed by atoms with Gasteiger partial charge >= 0.3 is 0 Å². The molecular weight excluding hydrogens is 584 g/mol. The molecule has 3 saturated heterocycles. The number of aryl methyl sites for hydroxylation is 1. The second-order valence-electron chi connectivity index (χ2n) is 17.4. The Balaban J connectivity index is 0.00000600. The number of ether oxygens (including phenoxy) is 1. The maximum atomic E-state index is 5.61. The SMILES string of the molecule is C.Cc1nc(N2CCOCC2)nc(N(CCCCCCCCN(C)C2CC(C)(C)N(C)C(C)(C)C2)C2CC(C)(C)N(C)C(C)(C)C2)n1. The number of likely N-dealkylation sites (tertiary alicyclic amines) is 2. The van der Waals surface area contributed by atoms with Gasteiger partial charge in [-0.2, -0.15) is 15.0 Å². The van der Waals surface area contributed by atoms with Crippen LogP contribution in [0.15, 0.2) is 0 Å². The Kier molecular flexibility index (Phi) is 13.6. The van der Waals surface area contributed by atoms with E-state index in [9.17, 15) is 0 Å². The summed E-state index contributed by atoms with van der Waals surface area (Å²) in [4.78, 5) is 27.5. The molecule has 0 aromatic carbocycles. The van der Waals surface area contributed by atoms with Crippen molar-refractivity contribution in [3.8, 4) is 0 Å². The summed E-state index contributed by atoms with van der Waals surface area (Å²) in [5.74, 6) is 2.47. The minimum atomic E-state index is 0. The normalized spacial score (nSPS) is 23.6. The lowest BCUT2D eigenvalue weighted by molar-refractivity contribution is -0.0426. The number of nitrogens with zero attached hydrogens (tertiary/aromatic N) is 8. The topological polar surface area (TPSA) is 64.1 Å². The molecule has 9 heteroatoms. The van der Waals surface area contributed by atoms with Crippen molar-refractivity contribution in [2.24, 2.45) is 0 Å². The number of unbranched alkanes of at least 4 members (excludes halogenated alkanes) is 5. The van der Waals surface area contributed by atoms with Crippen LogP contribution in [0.25, 0.3) is 0 Å². The van der Waals surface area contributed by atoms with Crippen LogP contribution in [-0.4, -0.2) is 124 Å². The average molecular weight is 659 g/mol. The molecule has 0 aliphatic carbocycles. The smallest absolute Gasteiger partial charge is 0.230 e. The lowest BCUT2D eigenvalue weighted by Gasteiger charge is -2.55. The summed E-state index contributed by atoms with van der Waals surface area (Å²) < 4.78 is 5.61. The highest BCUT2D eigenvalue weighted by molar-refractivity contribution is 5.41. The molecule has 0 spiro atoms. The molecule has 0 atom stereocenters. The number of hydrogen-bond donors (Lipinski definition) is 0. The number of aromatic nitrogens is 3. The summed E-state index contributed by atoms with van der Waals surface area (Å²) in [6.45, 7) is 26.6. The first-order valence-electron chi connectivity index (χ1n) is 18.4. The molecule has 4 rings (SSSR count). The number of hydrogen-bond acceptors (Lipinski definition) is 9. The van der Waals surface area contributed by atoms with E-state index in [1.165, 1.54) is 57.9 Å². The fourth-order valence-corrected chi connectivity index (χ4v) is 8.64. The summed E-state index contributed by atoms with van der Waals surface area (Å²) in [7, 11) is 6.95. The van der Waals surface area contributed by atoms with Crippen LogP contribution < -0.4 is 9.80 Å². The van der Waals surface area contributed by atoms with Gasteiger partial charge in [-0.25, -0.2) is 0 Å². The van der Waals surface area contributed by atoms with Crippen LogP contribution in [0.1, 0.15) is 133 Å². The van der Waals surface area contributed by atoms with E-state index in [-0.39, 0.29) is 29.6 Å². The number of anilines is 2. The van der Waals surface area contributed by atoms with Gasteiger partial charge in [0.15, 0.2) is 0 Å². The van der Waals surface area contributed by atoms with Gasteiger partial charge in [-0.15, -0.1) is 0 Å². The predicted molar refractivity (Wildman–Crippen MR) is 200 cm³/mol. The molecule has 0 radical (unpaired) electrons. The Morgan fingerprint density at radius 2 is 1.11 bits per heavy atom. The third-order valence-corrected chi connectivity index (χ3v) is 12.1. The molecule has 1 aromatic heterocycles. The summed E-state index contributed by atoms with van der Waals surface area (Å²) in [6.07, 6.45) is 12.4. The van der Waals surface area contributed by atoms with Crippen molar-refractivity contribution in [3.63, 3.8) is 0 Å². The monoisotopic (exact) mass is 659 g/mol. The number of rotatable bonds is 13. The standard InChI is InChI=1S/C37H70N8O.CH4/c1-29-38-32(44-21-23-46-24-22-44)40-33(39-29)45(31-27-36(6,7)43(12)37(8,9)28-31)20-18-16-14-13-15-17-19-41(10)30-25-34(2,3)42(11)35(4,5)26-30;/h30-31H,13-28H2,1-12H3;1H4. The predicted octanol–water partition coefficient (Wildman–Crippen LogP) is 7.03. The molecule has 3 fully saturated rings. The van der Waals surface area contributed by atoms with Crippen molar-refractivity contribution >= 4 is 11.9 Å². The Bertz CT molecular complexity index is 1080. The molecular formula is C38H74N8O. The van der Waals surface area contributed by atoms with Gasteiger partial charge in [-0.05, 0) is 129 Å². The number of piperidine rings is 2. The van der Waals surface area contributed by atoms with Crippen LogP contribution in [0.2, 0.25) is 0 Å². The molecule has 1 aromatic rings.